The minimum Gasteiger partial charge on any atom is -0.508 e. The number of nitrogens with zero attached hydrogens (tertiary/aromatic N) is 1. The van der Waals surface area contributed by atoms with Crippen LogP contribution >= 0.6 is 0 Å². The van der Waals surface area contributed by atoms with Crippen molar-refractivity contribution in [3.63, 3.8) is 0 Å². The fourth-order valence-electron chi connectivity index (χ4n) is 3.52. The number of hydrogen-bond donors (Lipinski definition) is 2. The summed E-state index contributed by atoms with van der Waals surface area (Å²) in [6, 6.07) is 26.1. The summed E-state index contributed by atoms with van der Waals surface area (Å²) in [5.74, 6) is -0.124. The molecule has 0 aliphatic carbocycles. The molecule has 0 unspecified atom stereocenters. The Morgan fingerprint density at radius 3 is 1.67 bits per heavy atom. The summed E-state index contributed by atoms with van der Waals surface area (Å²) in [6.07, 6.45) is 3.50. The summed E-state index contributed by atoms with van der Waals surface area (Å²) in [5.41, 5.74) is 1.60. The first-order chi connectivity index (χ1) is 14.6. The molecule has 0 spiro atoms. The molecule has 5 heteroatoms. The number of benzene rings is 3. The normalized spacial score (nSPS) is 13.5. The number of rotatable bonds is 2. The summed E-state index contributed by atoms with van der Waals surface area (Å²) in [6.45, 7) is 0. The van der Waals surface area contributed by atoms with Gasteiger partial charge in [0.05, 0.1) is 5.56 Å². The molecule has 0 atom stereocenters. The second kappa shape index (κ2) is 8.09. The molecule has 0 saturated heterocycles. The lowest BCUT2D eigenvalue weighted by Gasteiger charge is -2.30. The summed E-state index contributed by atoms with van der Waals surface area (Å²) >= 11 is 0. The van der Waals surface area contributed by atoms with Crippen LogP contribution in [0.3, 0.4) is 0 Å². The Bertz CT molecular complexity index is 1070. The van der Waals surface area contributed by atoms with Crippen molar-refractivity contribution in [3.05, 3.63) is 126 Å². The van der Waals surface area contributed by atoms with Crippen LogP contribution in [-0.2, 0) is 10.3 Å². The van der Waals surface area contributed by atoms with Crippen molar-refractivity contribution in [1.82, 2.24) is 4.98 Å². The first-order valence-corrected chi connectivity index (χ1v) is 9.38. The van der Waals surface area contributed by atoms with Crippen molar-refractivity contribution >= 4 is 5.97 Å². The molecule has 2 N–H and O–H groups in total. The molecule has 148 valence electrons. The maximum absolute atomic E-state index is 12.4. The molecule has 0 radical (unpaired) electrons. The Labute approximate surface area is 173 Å². The number of ether oxygens (including phenoxy) is 1. The van der Waals surface area contributed by atoms with Crippen molar-refractivity contribution < 1.29 is 19.7 Å². The van der Waals surface area contributed by atoms with Gasteiger partial charge in [0, 0.05) is 29.1 Å². The lowest BCUT2D eigenvalue weighted by Crippen LogP contribution is -2.29. The second-order valence-electron chi connectivity index (χ2n) is 6.73. The summed E-state index contributed by atoms with van der Waals surface area (Å²) in [7, 11) is 0. The monoisotopic (exact) mass is 397 g/mol. The van der Waals surface area contributed by atoms with Gasteiger partial charge in [-0.25, -0.2) is 4.79 Å². The van der Waals surface area contributed by atoms with E-state index in [1.807, 2.05) is 30.3 Å². The molecule has 0 saturated carbocycles. The van der Waals surface area contributed by atoms with Crippen LogP contribution in [0.25, 0.3) is 0 Å². The smallest absolute Gasteiger partial charge is 0.340 e. The van der Waals surface area contributed by atoms with Gasteiger partial charge in [0.1, 0.15) is 11.5 Å². The summed E-state index contributed by atoms with van der Waals surface area (Å²) in [5, 5.41) is 19.2. The van der Waals surface area contributed by atoms with Crippen LogP contribution in [0.1, 0.15) is 27.0 Å². The van der Waals surface area contributed by atoms with Gasteiger partial charge in [-0.2, -0.15) is 0 Å². The minimum atomic E-state index is -1.10. The van der Waals surface area contributed by atoms with E-state index in [0.717, 1.165) is 16.7 Å². The molecular weight excluding hydrogens is 378 g/mol. The van der Waals surface area contributed by atoms with E-state index in [-0.39, 0.29) is 11.5 Å². The number of aromatic nitrogens is 1. The van der Waals surface area contributed by atoms with Crippen LogP contribution in [0.2, 0.25) is 0 Å². The van der Waals surface area contributed by atoms with E-state index in [0.29, 0.717) is 5.56 Å². The zero-order chi connectivity index (χ0) is 21.0. The second-order valence-corrected chi connectivity index (χ2v) is 6.73. The van der Waals surface area contributed by atoms with Gasteiger partial charge >= 0.3 is 5.97 Å². The van der Waals surface area contributed by atoms with Crippen molar-refractivity contribution in [2.75, 3.05) is 0 Å². The SMILES string of the molecule is O=C1OC(c2ccc(O)cc2)(c2ccc(O)cc2)c2ccccc21.c1ccncc1. The quantitative estimate of drug-likeness (QED) is 0.482. The number of cyclic esters (lactones) is 1. The average molecular weight is 397 g/mol. The number of esters is 1. The maximum atomic E-state index is 12.4. The maximum Gasteiger partial charge on any atom is 0.340 e. The van der Waals surface area contributed by atoms with Gasteiger partial charge in [-0.05, 0) is 42.5 Å². The van der Waals surface area contributed by atoms with Gasteiger partial charge in [0.2, 0.25) is 0 Å². The number of phenolic OH excluding ortho intramolecular Hbond substituents is 2. The highest BCUT2D eigenvalue weighted by molar-refractivity contribution is 5.96. The molecule has 3 aromatic carbocycles. The fraction of sp³-hybridized carbons (Fsp3) is 0.0400. The molecule has 1 aliphatic rings. The average Bonchev–Trinajstić information content (AvgIpc) is 3.10. The van der Waals surface area contributed by atoms with E-state index in [4.69, 9.17) is 4.74 Å². The van der Waals surface area contributed by atoms with Crippen molar-refractivity contribution in [1.29, 1.82) is 0 Å². The largest absolute Gasteiger partial charge is 0.508 e. The Kier molecular flexibility index (Phi) is 5.18. The fourth-order valence-corrected chi connectivity index (χ4v) is 3.52. The lowest BCUT2D eigenvalue weighted by molar-refractivity contribution is 0.0251. The standard InChI is InChI=1S/C20H14O4.C5H5N/c21-15-9-5-13(6-10-15)20(14-7-11-16(22)12-8-14)18-4-2-1-3-17(18)19(23)24-20;1-2-4-6-5-3-1/h1-12,21-22H;1-5H. The van der Waals surface area contributed by atoms with Crippen LogP contribution in [0.5, 0.6) is 11.5 Å². The Morgan fingerprint density at radius 2 is 1.20 bits per heavy atom. The number of carbonyl (C=O) groups excluding carboxylic acids is 1. The van der Waals surface area contributed by atoms with Gasteiger partial charge in [-0.15, -0.1) is 0 Å². The van der Waals surface area contributed by atoms with E-state index >= 15 is 0 Å². The molecule has 5 nitrogen and oxygen atoms in total. The summed E-state index contributed by atoms with van der Waals surface area (Å²) in [4.78, 5) is 16.2. The van der Waals surface area contributed by atoms with Crippen LogP contribution in [0.4, 0.5) is 0 Å². The van der Waals surface area contributed by atoms with Crippen LogP contribution in [0, 0.1) is 0 Å². The number of hydrogen-bond acceptors (Lipinski definition) is 5. The van der Waals surface area contributed by atoms with Crippen LogP contribution in [0.15, 0.2) is 103 Å². The third-order valence-corrected chi connectivity index (χ3v) is 4.89. The number of carbonyl (C=O) groups is 1. The Morgan fingerprint density at radius 1 is 0.667 bits per heavy atom. The molecule has 5 rings (SSSR count). The van der Waals surface area contributed by atoms with Crippen molar-refractivity contribution in [3.8, 4) is 11.5 Å². The third kappa shape index (κ3) is 3.49. The van der Waals surface area contributed by atoms with Gasteiger partial charge < -0.3 is 14.9 Å². The first kappa shape index (κ1) is 19.2. The first-order valence-electron chi connectivity index (χ1n) is 9.38. The molecule has 2 heterocycles. The minimum absolute atomic E-state index is 0.136. The molecule has 4 aromatic rings. The number of fused-ring (bicyclic) bond motifs is 1. The molecule has 0 bridgehead atoms. The van der Waals surface area contributed by atoms with Crippen LogP contribution in [-0.4, -0.2) is 21.2 Å². The summed E-state index contributed by atoms with van der Waals surface area (Å²) < 4.78 is 5.87. The van der Waals surface area contributed by atoms with Gasteiger partial charge in [-0.3, -0.25) is 4.98 Å². The van der Waals surface area contributed by atoms with Gasteiger partial charge in [0.15, 0.2) is 5.60 Å². The Hall–Kier alpha value is -4.12. The zero-order valence-corrected chi connectivity index (χ0v) is 16.0. The molecule has 0 amide bonds. The van der Waals surface area contributed by atoms with Crippen molar-refractivity contribution in [2.45, 2.75) is 5.60 Å². The predicted molar refractivity (Wildman–Crippen MR) is 112 cm³/mol. The molecule has 1 aromatic heterocycles. The van der Waals surface area contributed by atoms with E-state index < -0.39 is 11.6 Å². The Balaban J connectivity index is 0.000000313. The predicted octanol–water partition coefficient (Wildman–Crippen LogP) is 4.64. The zero-order valence-electron chi connectivity index (χ0n) is 16.0. The molecule has 0 fully saturated rings. The highest BCUT2D eigenvalue weighted by atomic mass is 16.6. The van der Waals surface area contributed by atoms with E-state index in [9.17, 15) is 15.0 Å². The highest BCUT2D eigenvalue weighted by Gasteiger charge is 2.48. The van der Waals surface area contributed by atoms with Crippen molar-refractivity contribution in [2.24, 2.45) is 0 Å². The number of aromatic hydroxyl groups is 2. The lowest BCUT2D eigenvalue weighted by atomic mass is 9.80. The van der Waals surface area contributed by atoms with Crippen LogP contribution < -0.4 is 0 Å². The third-order valence-electron chi connectivity index (χ3n) is 4.89. The van der Waals surface area contributed by atoms with E-state index in [1.54, 1.807) is 73.1 Å². The topological polar surface area (TPSA) is 79.7 Å². The van der Waals surface area contributed by atoms with Gasteiger partial charge in [-0.1, -0.05) is 48.5 Å². The number of pyridine rings is 1. The highest BCUT2D eigenvalue weighted by Crippen LogP contribution is 2.47. The van der Waals surface area contributed by atoms with Gasteiger partial charge in [0.25, 0.3) is 0 Å². The molecular formula is C25H19NO4. The van der Waals surface area contributed by atoms with E-state index in [1.165, 1.54) is 0 Å². The number of phenols is 2. The molecule has 1 aliphatic heterocycles. The van der Waals surface area contributed by atoms with E-state index in [2.05, 4.69) is 4.98 Å². The molecule has 30 heavy (non-hydrogen) atoms.